The summed E-state index contributed by atoms with van der Waals surface area (Å²) < 4.78 is 0. The fourth-order valence-corrected chi connectivity index (χ4v) is 1.14. The number of carboxylic acids is 1. The molecule has 0 aromatic heterocycles. The summed E-state index contributed by atoms with van der Waals surface area (Å²) in [6.45, 7) is 2.50. The molecule has 1 rings (SSSR count). The van der Waals surface area contributed by atoms with Gasteiger partial charge in [0.1, 0.15) is 0 Å². The number of rotatable bonds is 1. The van der Waals surface area contributed by atoms with Gasteiger partial charge in [-0.15, -0.1) is 0 Å². The first-order valence-corrected chi connectivity index (χ1v) is 3.41. The minimum Gasteiger partial charge on any atom is -0.550 e. The first-order chi connectivity index (χ1) is 4.70. The molecule has 0 aromatic carbocycles. The molecular formula is C7H10NO2-. The summed E-state index contributed by atoms with van der Waals surface area (Å²) in [5.74, 6) is -1.23. The molecule has 0 saturated carbocycles. The monoisotopic (exact) mass is 140 g/mol. The second-order valence-corrected chi connectivity index (χ2v) is 2.63. The van der Waals surface area contributed by atoms with Gasteiger partial charge >= 0.3 is 0 Å². The lowest BCUT2D eigenvalue weighted by molar-refractivity contribution is -0.311. The molecular weight excluding hydrogens is 130 g/mol. The third-order valence-corrected chi connectivity index (χ3v) is 1.73. The summed E-state index contributed by atoms with van der Waals surface area (Å²) in [5.41, 5.74) is 0.931. The molecule has 0 radical (unpaired) electrons. The molecule has 0 amide bonds. The predicted octanol–water partition coefficient (Wildman–Crippen LogP) is -0.393. The number of aliphatic carboxylic acids is 1. The Morgan fingerprint density at radius 3 is 2.90 bits per heavy atom. The van der Waals surface area contributed by atoms with Crippen molar-refractivity contribution < 1.29 is 9.90 Å². The van der Waals surface area contributed by atoms with E-state index in [1.54, 1.807) is 0 Å². The fourth-order valence-electron chi connectivity index (χ4n) is 1.14. The standard InChI is InChI=1S/C7H11NO2/c1-5-4-6(7(9)10)2-3-8-5/h6H,2-4H2,1H3,(H,9,10)/p-1. The molecule has 0 bridgehead atoms. The lowest BCUT2D eigenvalue weighted by Gasteiger charge is -2.20. The number of nitrogens with zero attached hydrogens (tertiary/aromatic N) is 1. The van der Waals surface area contributed by atoms with Crippen molar-refractivity contribution in [2.45, 2.75) is 19.8 Å². The summed E-state index contributed by atoms with van der Waals surface area (Å²) in [7, 11) is 0. The number of carboxylic acid groups (broad SMARTS) is 1. The van der Waals surface area contributed by atoms with Crippen LogP contribution in [0.25, 0.3) is 0 Å². The molecule has 0 fully saturated rings. The summed E-state index contributed by atoms with van der Waals surface area (Å²) >= 11 is 0. The van der Waals surface area contributed by atoms with E-state index in [-0.39, 0.29) is 5.92 Å². The number of carbonyl (C=O) groups excluding carboxylic acids is 1. The molecule has 1 aliphatic rings. The lowest BCUT2D eigenvalue weighted by Crippen LogP contribution is -2.34. The van der Waals surface area contributed by atoms with Gasteiger partial charge in [-0.1, -0.05) is 0 Å². The molecule has 1 heterocycles. The SMILES string of the molecule is CC1=NCCC(C(=O)[O-])C1. The van der Waals surface area contributed by atoms with Gasteiger partial charge in [-0.3, -0.25) is 4.99 Å². The quantitative estimate of drug-likeness (QED) is 0.498. The Hall–Kier alpha value is -0.860. The number of aliphatic imine (C=N–C) groups is 1. The topological polar surface area (TPSA) is 52.5 Å². The number of carbonyl (C=O) groups is 1. The molecule has 0 N–H and O–H groups in total. The largest absolute Gasteiger partial charge is 0.550 e. The van der Waals surface area contributed by atoms with Crippen molar-refractivity contribution in [3.8, 4) is 0 Å². The highest BCUT2D eigenvalue weighted by atomic mass is 16.4. The van der Waals surface area contributed by atoms with Crippen LogP contribution in [0, 0.1) is 5.92 Å². The summed E-state index contributed by atoms with van der Waals surface area (Å²) in [6.07, 6.45) is 1.21. The smallest absolute Gasteiger partial charge is 0.0449 e. The van der Waals surface area contributed by atoms with Crippen molar-refractivity contribution in [1.82, 2.24) is 0 Å². The predicted molar refractivity (Wildman–Crippen MR) is 35.7 cm³/mol. The van der Waals surface area contributed by atoms with Gasteiger partial charge in [0.05, 0.1) is 0 Å². The van der Waals surface area contributed by atoms with Crippen molar-refractivity contribution in [2.75, 3.05) is 6.54 Å². The van der Waals surface area contributed by atoms with E-state index in [0.29, 0.717) is 19.4 Å². The Balaban J connectivity index is 2.53. The average molecular weight is 140 g/mol. The average Bonchev–Trinajstić information content (AvgIpc) is 1.88. The van der Waals surface area contributed by atoms with Crippen LogP contribution in [0.2, 0.25) is 0 Å². The van der Waals surface area contributed by atoms with Gasteiger partial charge < -0.3 is 9.90 Å². The minimum absolute atomic E-state index is 0.294. The van der Waals surface area contributed by atoms with Crippen LogP contribution in [-0.4, -0.2) is 18.2 Å². The van der Waals surface area contributed by atoms with E-state index in [1.165, 1.54) is 0 Å². The van der Waals surface area contributed by atoms with Crippen LogP contribution in [0.4, 0.5) is 0 Å². The third-order valence-electron chi connectivity index (χ3n) is 1.73. The van der Waals surface area contributed by atoms with Gasteiger partial charge in [-0.05, 0) is 19.8 Å². The highest BCUT2D eigenvalue weighted by molar-refractivity contribution is 5.86. The summed E-state index contributed by atoms with van der Waals surface area (Å²) in [6, 6.07) is 0. The van der Waals surface area contributed by atoms with E-state index in [4.69, 9.17) is 0 Å². The normalized spacial score (nSPS) is 25.7. The Kier molecular flexibility index (Phi) is 2.04. The first kappa shape index (κ1) is 7.25. The van der Waals surface area contributed by atoms with E-state index >= 15 is 0 Å². The van der Waals surface area contributed by atoms with Crippen LogP contribution in [0.1, 0.15) is 19.8 Å². The molecule has 0 spiro atoms. The third kappa shape index (κ3) is 1.56. The van der Waals surface area contributed by atoms with Gasteiger partial charge in [0.2, 0.25) is 0 Å². The number of hydrogen-bond acceptors (Lipinski definition) is 3. The molecule has 0 aromatic rings. The zero-order valence-corrected chi connectivity index (χ0v) is 5.96. The molecule has 0 saturated heterocycles. The van der Waals surface area contributed by atoms with E-state index in [2.05, 4.69) is 4.99 Å². The molecule has 1 aliphatic heterocycles. The molecule has 0 aliphatic carbocycles. The Morgan fingerprint density at radius 2 is 2.50 bits per heavy atom. The minimum atomic E-state index is -0.936. The molecule has 1 unspecified atom stereocenters. The molecule has 56 valence electrons. The van der Waals surface area contributed by atoms with Crippen molar-refractivity contribution >= 4 is 11.7 Å². The Bertz CT molecular complexity index is 174. The highest BCUT2D eigenvalue weighted by Crippen LogP contribution is 2.13. The van der Waals surface area contributed by atoms with Crippen molar-refractivity contribution in [3.63, 3.8) is 0 Å². The van der Waals surface area contributed by atoms with Gasteiger partial charge in [-0.25, -0.2) is 0 Å². The molecule has 1 atom stereocenters. The van der Waals surface area contributed by atoms with Gasteiger partial charge in [-0.2, -0.15) is 0 Å². The number of hydrogen-bond donors (Lipinski definition) is 0. The second-order valence-electron chi connectivity index (χ2n) is 2.63. The van der Waals surface area contributed by atoms with Crippen LogP contribution >= 0.6 is 0 Å². The van der Waals surface area contributed by atoms with Crippen molar-refractivity contribution in [2.24, 2.45) is 10.9 Å². The fraction of sp³-hybridized carbons (Fsp3) is 0.714. The molecule has 3 nitrogen and oxygen atoms in total. The van der Waals surface area contributed by atoms with Crippen LogP contribution < -0.4 is 5.11 Å². The maximum Gasteiger partial charge on any atom is 0.0449 e. The lowest BCUT2D eigenvalue weighted by atomic mass is 9.97. The Morgan fingerprint density at radius 1 is 1.80 bits per heavy atom. The van der Waals surface area contributed by atoms with Crippen LogP contribution in [0.5, 0.6) is 0 Å². The van der Waals surface area contributed by atoms with Crippen LogP contribution in [0.15, 0.2) is 4.99 Å². The zero-order valence-electron chi connectivity index (χ0n) is 5.96. The van der Waals surface area contributed by atoms with Gasteiger partial charge in [0, 0.05) is 24.1 Å². The Labute approximate surface area is 59.8 Å². The van der Waals surface area contributed by atoms with E-state index in [1.807, 2.05) is 6.92 Å². The van der Waals surface area contributed by atoms with Crippen LogP contribution in [0.3, 0.4) is 0 Å². The molecule has 10 heavy (non-hydrogen) atoms. The summed E-state index contributed by atoms with van der Waals surface area (Å²) in [4.78, 5) is 14.4. The maximum atomic E-state index is 10.3. The van der Waals surface area contributed by atoms with Gasteiger partial charge in [0.25, 0.3) is 0 Å². The van der Waals surface area contributed by atoms with Crippen molar-refractivity contribution in [3.05, 3.63) is 0 Å². The van der Waals surface area contributed by atoms with Crippen LogP contribution in [-0.2, 0) is 4.79 Å². The molecule has 3 heteroatoms. The van der Waals surface area contributed by atoms with E-state index in [9.17, 15) is 9.90 Å². The first-order valence-electron chi connectivity index (χ1n) is 3.41. The van der Waals surface area contributed by atoms with Gasteiger partial charge in [0.15, 0.2) is 0 Å². The summed E-state index contributed by atoms with van der Waals surface area (Å²) in [5, 5.41) is 10.3. The maximum absolute atomic E-state index is 10.3. The van der Waals surface area contributed by atoms with Crippen molar-refractivity contribution in [1.29, 1.82) is 0 Å². The second kappa shape index (κ2) is 2.82. The van der Waals surface area contributed by atoms with E-state index < -0.39 is 5.97 Å². The zero-order chi connectivity index (χ0) is 7.56. The highest BCUT2D eigenvalue weighted by Gasteiger charge is 2.14. The van der Waals surface area contributed by atoms with E-state index in [0.717, 1.165) is 5.71 Å².